The largest absolute Gasteiger partial charge is 0.506 e. The highest BCUT2D eigenvalue weighted by Gasteiger charge is 2.10. The molecule has 1 aromatic heterocycles. The van der Waals surface area contributed by atoms with Crippen molar-refractivity contribution >= 4 is 35.4 Å². The van der Waals surface area contributed by atoms with E-state index in [1.807, 2.05) is 60.7 Å². The zero-order chi connectivity index (χ0) is 22.5. The fourth-order valence-corrected chi connectivity index (χ4v) is 3.52. The van der Waals surface area contributed by atoms with Crippen molar-refractivity contribution in [3.63, 3.8) is 0 Å². The molecule has 0 saturated carbocycles. The van der Waals surface area contributed by atoms with Crippen LogP contribution in [0.1, 0.15) is 5.56 Å². The van der Waals surface area contributed by atoms with Crippen LogP contribution in [0.2, 0.25) is 10.0 Å². The summed E-state index contributed by atoms with van der Waals surface area (Å²) in [5, 5.41) is 14.8. The number of phenolic OH excluding ortho intramolecular Hbond substituents is 1. The molecule has 4 rings (SSSR count). The van der Waals surface area contributed by atoms with Crippen LogP contribution in [-0.2, 0) is 0 Å². The third-order valence-electron chi connectivity index (χ3n) is 4.61. The van der Waals surface area contributed by atoms with E-state index in [2.05, 4.69) is 20.5 Å². The van der Waals surface area contributed by atoms with Gasteiger partial charge in [-0.25, -0.2) is 15.4 Å². The zero-order valence-electron chi connectivity index (χ0n) is 17.0. The molecule has 0 unspecified atom stereocenters. The summed E-state index contributed by atoms with van der Waals surface area (Å²) in [5.41, 5.74) is 6.48. The first-order chi connectivity index (χ1) is 15.5. The minimum absolute atomic E-state index is 0.112. The minimum Gasteiger partial charge on any atom is -0.506 e. The van der Waals surface area contributed by atoms with Crippen molar-refractivity contribution in [1.29, 1.82) is 0 Å². The number of phenols is 1. The van der Waals surface area contributed by atoms with Crippen molar-refractivity contribution in [2.24, 2.45) is 5.10 Å². The molecular formula is C24H18Cl2N4O2. The molecular weight excluding hydrogens is 447 g/mol. The first-order valence-electron chi connectivity index (χ1n) is 9.59. The fraction of sp³-hybridized carbons (Fsp3) is 0.0417. The molecule has 6 nitrogen and oxygen atoms in total. The Morgan fingerprint density at radius 1 is 0.906 bits per heavy atom. The van der Waals surface area contributed by atoms with Crippen LogP contribution in [0.3, 0.4) is 0 Å². The number of aromatic nitrogens is 2. The summed E-state index contributed by atoms with van der Waals surface area (Å²) in [5.74, 6) is 0.939. The number of nitrogens with one attached hydrogen (secondary N) is 1. The molecule has 160 valence electrons. The molecule has 4 aromatic rings. The van der Waals surface area contributed by atoms with Gasteiger partial charge in [-0.1, -0.05) is 53.5 Å². The van der Waals surface area contributed by atoms with Crippen molar-refractivity contribution in [2.75, 3.05) is 12.5 Å². The fourth-order valence-electron chi connectivity index (χ4n) is 3.01. The predicted octanol–water partition coefficient (Wildman–Crippen LogP) is 6.28. The SMILES string of the molecule is COc1ccc(-c2cc(-c3ccccc3)nc(N/N=C\c3cc(Cl)cc(Cl)c3O)n2)cc1. The van der Waals surface area contributed by atoms with Gasteiger partial charge < -0.3 is 9.84 Å². The van der Waals surface area contributed by atoms with Crippen molar-refractivity contribution in [3.8, 4) is 34.0 Å². The van der Waals surface area contributed by atoms with Gasteiger partial charge in [0.25, 0.3) is 0 Å². The average molecular weight is 465 g/mol. The van der Waals surface area contributed by atoms with Crippen LogP contribution in [0.4, 0.5) is 5.95 Å². The van der Waals surface area contributed by atoms with Gasteiger partial charge in [0.05, 0.1) is 29.7 Å². The summed E-state index contributed by atoms with van der Waals surface area (Å²) in [6, 6.07) is 22.3. The van der Waals surface area contributed by atoms with E-state index in [-0.39, 0.29) is 10.8 Å². The van der Waals surface area contributed by atoms with Gasteiger partial charge >= 0.3 is 0 Å². The monoisotopic (exact) mass is 464 g/mol. The number of nitrogens with zero attached hydrogens (tertiary/aromatic N) is 3. The highest BCUT2D eigenvalue weighted by Crippen LogP contribution is 2.30. The topological polar surface area (TPSA) is 79.6 Å². The molecule has 3 aromatic carbocycles. The Morgan fingerprint density at radius 3 is 2.22 bits per heavy atom. The van der Waals surface area contributed by atoms with Gasteiger partial charge in [0.15, 0.2) is 0 Å². The lowest BCUT2D eigenvalue weighted by Crippen LogP contribution is -2.00. The molecule has 0 saturated heterocycles. The van der Waals surface area contributed by atoms with Gasteiger partial charge in [0.1, 0.15) is 11.5 Å². The Bertz CT molecular complexity index is 1260. The summed E-state index contributed by atoms with van der Waals surface area (Å²) in [6.07, 6.45) is 1.40. The summed E-state index contributed by atoms with van der Waals surface area (Å²) >= 11 is 12.0. The molecule has 0 aliphatic carbocycles. The van der Waals surface area contributed by atoms with E-state index in [9.17, 15) is 5.11 Å². The average Bonchev–Trinajstić information content (AvgIpc) is 2.82. The number of hydrogen-bond donors (Lipinski definition) is 2. The van der Waals surface area contributed by atoms with Gasteiger partial charge in [-0.3, -0.25) is 0 Å². The molecule has 0 radical (unpaired) electrons. The lowest BCUT2D eigenvalue weighted by Gasteiger charge is -2.09. The molecule has 0 atom stereocenters. The van der Waals surface area contributed by atoms with Crippen molar-refractivity contribution in [1.82, 2.24) is 9.97 Å². The quantitative estimate of drug-likeness (QED) is 0.259. The van der Waals surface area contributed by atoms with Crippen LogP contribution in [0.5, 0.6) is 11.5 Å². The molecule has 0 amide bonds. The second-order valence-electron chi connectivity index (χ2n) is 6.75. The number of hydrazone groups is 1. The second kappa shape index (κ2) is 9.68. The Morgan fingerprint density at radius 2 is 1.56 bits per heavy atom. The third kappa shape index (κ3) is 4.99. The predicted molar refractivity (Wildman–Crippen MR) is 129 cm³/mol. The number of benzene rings is 3. The van der Waals surface area contributed by atoms with Crippen LogP contribution >= 0.6 is 23.2 Å². The Kier molecular flexibility index (Phi) is 6.54. The summed E-state index contributed by atoms with van der Waals surface area (Å²) < 4.78 is 5.24. The molecule has 8 heteroatoms. The summed E-state index contributed by atoms with van der Waals surface area (Å²) in [6.45, 7) is 0. The Labute approximate surface area is 195 Å². The van der Waals surface area contributed by atoms with E-state index < -0.39 is 0 Å². The van der Waals surface area contributed by atoms with Gasteiger partial charge in [-0.05, 0) is 42.5 Å². The highest BCUT2D eigenvalue weighted by molar-refractivity contribution is 6.36. The van der Waals surface area contributed by atoms with Crippen LogP contribution in [0, 0.1) is 0 Å². The highest BCUT2D eigenvalue weighted by atomic mass is 35.5. The van der Waals surface area contributed by atoms with Crippen LogP contribution < -0.4 is 10.2 Å². The number of ether oxygens (including phenoxy) is 1. The number of anilines is 1. The number of halogens is 2. The Balaban J connectivity index is 1.69. The molecule has 0 aliphatic heterocycles. The molecule has 0 fully saturated rings. The maximum Gasteiger partial charge on any atom is 0.244 e. The molecule has 32 heavy (non-hydrogen) atoms. The third-order valence-corrected chi connectivity index (χ3v) is 5.11. The normalized spacial score (nSPS) is 11.0. The standard InChI is InChI=1S/C24H18Cl2N4O2/c1-32-19-9-7-16(8-10-19)22-13-21(15-5-3-2-4-6-15)28-24(29-22)30-27-14-17-11-18(25)12-20(26)23(17)31/h2-14,31H,1H3,(H,28,29,30)/b27-14-. The van der Waals surface area contributed by atoms with Crippen molar-refractivity contribution < 1.29 is 9.84 Å². The maximum atomic E-state index is 10.1. The maximum absolute atomic E-state index is 10.1. The lowest BCUT2D eigenvalue weighted by molar-refractivity contribution is 0.415. The molecule has 2 N–H and O–H groups in total. The summed E-state index contributed by atoms with van der Waals surface area (Å²) in [7, 11) is 1.62. The number of hydrogen-bond acceptors (Lipinski definition) is 6. The van der Waals surface area contributed by atoms with E-state index in [1.54, 1.807) is 13.2 Å². The number of aromatic hydroxyl groups is 1. The van der Waals surface area contributed by atoms with E-state index in [1.165, 1.54) is 12.3 Å². The Hall–Kier alpha value is -3.61. The number of rotatable bonds is 6. The molecule has 1 heterocycles. The smallest absolute Gasteiger partial charge is 0.244 e. The second-order valence-corrected chi connectivity index (χ2v) is 7.60. The molecule has 0 spiro atoms. The zero-order valence-corrected chi connectivity index (χ0v) is 18.5. The van der Waals surface area contributed by atoms with Crippen LogP contribution in [0.15, 0.2) is 77.9 Å². The van der Waals surface area contributed by atoms with Gasteiger partial charge in [0, 0.05) is 21.7 Å². The minimum atomic E-state index is -0.112. The van der Waals surface area contributed by atoms with E-state index >= 15 is 0 Å². The summed E-state index contributed by atoms with van der Waals surface area (Å²) in [4.78, 5) is 9.16. The van der Waals surface area contributed by atoms with Crippen LogP contribution in [-0.4, -0.2) is 28.4 Å². The van der Waals surface area contributed by atoms with E-state index in [0.717, 1.165) is 22.6 Å². The first-order valence-corrected chi connectivity index (χ1v) is 10.3. The van der Waals surface area contributed by atoms with Gasteiger partial charge in [-0.2, -0.15) is 5.10 Å². The van der Waals surface area contributed by atoms with E-state index in [4.69, 9.17) is 27.9 Å². The van der Waals surface area contributed by atoms with E-state index in [0.29, 0.717) is 22.2 Å². The lowest BCUT2D eigenvalue weighted by atomic mass is 10.1. The van der Waals surface area contributed by atoms with Crippen molar-refractivity contribution in [2.45, 2.75) is 0 Å². The van der Waals surface area contributed by atoms with Crippen LogP contribution in [0.25, 0.3) is 22.5 Å². The molecule has 0 bridgehead atoms. The van der Waals surface area contributed by atoms with Crippen molar-refractivity contribution in [3.05, 3.63) is 88.4 Å². The molecule has 0 aliphatic rings. The first kappa shape index (κ1) is 21.6. The number of methoxy groups -OCH3 is 1. The van der Waals surface area contributed by atoms with Gasteiger partial charge in [-0.15, -0.1) is 0 Å². The van der Waals surface area contributed by atoms with Gasteiger partial charge in [0.2, 0.25) is 5.95 Å².